The molecule has 1 aromatic rings. The zero-order chi connectivity index (χ0) is 15.6. The molecule has 0 aromatic heterocycles. The Morgan fingerprint density at radius 3 is 2.76 bits per heavy atom. The van der Waals surface area contributed by atoms with Gasteiger partial charge in [0, 0.05) is 31.2 Å². The van der Waals surface area contributed by atoms with Gasteiger partial charge in [-0.25, -0.2) is 12.8 Å². The van der Waals surface area contributed by atoms with E-state index in [4.69, 9.17) is 5.73 Å². The van der Waals surface area contributed by atoms with Crippen LogP contribution in [-0.2, 0) is 16.6 Å². The summed E-state index contributed by atoms with van der Waals surface area (Å²) in [6.07, 6.45) is 1.77. The molecule has 118 valence electrons. The second kappa shape index (κ2) is 6.39. The highest BCUT2D eigenvalue weighted by Gasteiger charge is 2.32. The second-order valence-electron chi connectivity index (χ2n) is 5.54. The predicted octanol–water partition coefficient (Wildman–Crippen LogP) is 0.999. The molecule has 2 N–H and O–H groups in total. The van der Waals surface area contributed by atoms with E-state index in [2.05, 4.69) is 0 Å². The predicted molar refractivity (Wildman–Crippen MR) is 79.8 cm³/mol. The molecule has 1 atom stereocenters. The number of nitrogens with zero attached hydrogens (tertiary/aromatic N) is 2. The fourth-order valence-electron chi connectivity index (χ4n) is 2.68. The molecule has 0 bridgehead atoms. The molecule has 1 saturated heterocycles. The molecule has 2 rings (SSSR count). The van der Waals surface area contributed by atoms with Crippen molar-refractivity contribution in [2.75, 3.05) is 27.2 Å². The Kier molecular flexibility index (Phi) is 4.98. The summed E-state index contributed by atoms with van der Waals surface area (Å²) in [6, 6.07) is 4.26. The summed E-state index contributed by atoms with van der Waals surface area (Å²) >= 11 is 0. The van der Waals surface area contributed by atoms with Crippen LogP contribution in [0.3, 0.4) is 0 Å². The quantitative estimate of drug-likeness (QED) is 0.900. The number of hydrogen-bond donors (Lipinski definition) is 1. The maximum Gasteiger partial charge on any atom is 0.243 e. The number of piperidine rings is 1. The van der Waals surface area contributed by atoms with Gasteiger partial charge in [-0.3, -0.25) is 0 Å². The third-order valence-electron chi connectivity index (χ3n) is 3.99. The molecule has 1 heterocycles. The van der Waals surface area contributed by atoms with Crippen molar-refractivity contribution in [2.45, 2.75) is 30.3 Å². The number of likely N-dealkylation sites (N-methyl/N-ethyl adjacent to an activating group) is 1. The van der Waals surface area contributed by atoms with Crippen molar-refractivity contribution in [1.82, 2.24) is 9.21 Å². The summed E-state index contributed by atoms with van der Waals surface area (Å²) in [5.41, 5.74) is 5.58. The van der Waals surface area contributed by atoms with Gasteiger partial charge in [-0.2, -0.15) is 4.31 Å². The SMILES string of the molecule is CN(C)C1CCCN(S(=O)(=O)c2cccc(F)c2CN)C1. The lowest BCUT2D eigenvalue weighted by Crippen LogP contribution is -2.47. The summed E-state index contributed by atoms with van der Waals surface area (Å²) in [5, 5.41) is 0. The first-order valence-corrected chi connectivity index (χ1v) is 8.46. The number of benzene rings is 1. The molecule has 0 spiro atoms. The first-order chi connectivity index (χ1) is 9.87. The molecule has 21 heavy (non-hydrogen) atoms. The monoisotopic (exact) mass is 315 g/mol. The Bertz CT molecular complexity index is 604. The third-order valence-corrected chi connectivity index (χ3v) is 5.94. The molecular formula is C14H22FN3O2S. The van der Waals surface area contributed by atoms with E-state index in [-0.39, 0.29) is 23.0 Å². The highest BCUT2D eigenvalue weighted by molar-refractivity contribution is 7.89. The Labute approximate surface area is 125 Å². The van der Waals surface area contributed by atoms with Gasteiger partial charge < -0.3 is 10.6 Å². The van der Waals surface area contributed by atoms with Gasteiger partial charge in [0.05, 0.1) is 4.90 Å². The van der Waals surface area contributed by atoms with Crippen LogP contribution < -0.4 is 5.73 Å². The van der Waals surface area contributed by atoms with E-state index in [0.717, 1.165) is 12.8 Å². The minimum absolute atomic E-state index is 0.00981. The minimum Gasteiger partial charge on any atom is -0.326 e. The number of halogens is 1. The molecule has 0 amide bonds. The van der Waals surface area contributed by atoms with Crippen LogP contribution in [0.2, 0.25) is 0 Å². The van der Waals surface area contributed by atoms with Gasteiger partial charge in [0.15, 0.2) is 0 Å². The highest BCUT2D eigenvalue weighted by Crippen LogP contribution is 2.26. The Morgan fingerprint density at radius 2 is 2.14 bits per heavy atom. The van der Waals surface area contributed by atoms with Crippen LogP contribution in [0, 0.1) is 5.82 Å². The molecule has 1 aromatic carbocycles. The summed E-state index contributed by atoms with van der Waals surface area (Å²) in [7, 11) is 0.170. The minimum atomic E-state index is -3.71. The Hall–Kier alpha value is -1.02. The van der Waals surface area contributed by atoms with E-state index in [9.17, 15) is 12.8 Å². The van der Waals surface area contributed by atoms with Gasteiger partial charge in [0.25, 0.3) is 0 Å². The van der Waals surface area contributed by atoms with Gasteiger partial charge in [0.2, 0.25) is 10.0 Å². The van der Waals surface area contributed by atoms with Crippen molar-refractivity contribution < 1.29 is 12.8 Å². The van der Waals surface area contributed by atoms with Crippen molar-refractivity contribution >= 4 is 10.0 Å². The highest BCUT2D eigenvalue weighted by atomic mass is 32.2. The molecule has 0 radical (unpaired) electrons. The van der Waals surface area contributed by atoms with E-state index in [1.165, 1.54) is 22.5 Å². The molecule has 0 saturated carbocycles. The van der Waals surface area contributed by atoms with E-state index in [1.807, 2.05) is 19.0 Å². The van der Waals surface area contributed by atoms with Crippen LogP contribution in [-0.4, -0.2) is 50.8 Å². The number of sulfonamides is 1. The maximum absolute atomic E-state index is 13.8. The van der Waals surface area contributed by atoms with Crippen LogP contribution >= 0.6 is 0 Å². The molecule has 1 aliphatic heterocycles. The summed E-state index contributed by atoms with van der Waals surface area (Å²) in [5.74, 6) is -0.570. The van der Waals surface area contributed by atoms with Crippen LogP contribution in [0.4, 0.5) is 4.39 Å². The van der Waals surface area contributed by atoms with Crippen molar-refractivity contribution in [3.8, 4) is 0 Å². The second-order valence-corrected chi connectivity index (χ2v) is 7.45. The van der Waals surface area contributed by atoms with Crippen LogP contribution in [0.25, 0.3) is 0 Å². The van der Waals surface area contributed by atoms with Gasteiger partial charge >= 0.3 is 0 Å². The molecule has 1 unspecified atom stereocenters. The van der Waals surface area contributed by atoms with Crippen LogP contribution in [0.1, 0.15) is 18.4 Å². The molecule has 1 aliphatic rings. The Balaban J connectivity index is 2.36. The van der Waals surface area contributed by atoms with Crippen molar-refractivity contribution in [2.24, 2.45) is 5.73 Å². The van der Waals surface area contributed by atoms with E-state index < -0.39 is 15.8 Å². The van der Waals surface area contributed by atoms with E-state index in [0.29, 0.717) is 13.1 Å². The summed E-state index contributed by atoms with van der Waals surface area (Å²) in [4.78, 5) is 2.02. The van der Waals surface area contributed by atoms with Crippen molar-refractivity contribution in [1.29, 1.82) is 0 Å². The van der Waals surface area contributed by atoms with Crippen LogP contribution in [0.15, 0.2) is 23.1 Å². The normalized spacial score (nSPS) is 20.9. The summed E-state index contributed by atoms with van der Waals surface area (Å²) in [6.45, 7) is 0.759. The van der Waals surface area contributed by atoms with Gasteiger partial charge in [-0.1, -0.05) is 6.07 Å². The molecular weight excluding hydrogens is 293 g/mol. The van der Waals surface area contributed by atoms with E-state index in [1.54, 1.807) is 0 Å². The Morgan fingerprint density at radius 1 is 1.43 bits per heavy atom. The van der Waals surface area contributed by atoms with Gasteiger partial charge in [-0.15, -0.1) is 0 Å². The fourth-order valence-corrected chi connectivity index (χ4v) is 4.44. The lowest BCUT2D eigenvalue weighted by atomic mass is 10.1. The first kappa shape index (κ1) is 16.4. The number of hydrogen-bond acceptors (Lipinski definition) is 4. The third kappa shape index (κ3) is 3.26. The average Bonchev–Trinajstić information content (AvgIpc) is 2.47. The number of nitrogens with two attached hydrogens (primary N) is 1. The fraction of sp³-hybridized carbons (Fsp3) is 0.571. The van der Waals surface area contributed by atoms with Crippen molar-refractivity contribution in [3.05, 3.63) is 29.6 Å². The topological polar surface area (TPSA) is 66.6 Å². The lowest BCUT2D eigenvalue weighted by molar-refractivity contribution is 0.190. The smallest absolute Gasteiger partial charge is 0.243 e. The molecule has 5 nitrogen and oxygen atoms in total. The van der Waals surface area contributed by atoms with E-state index >= 15 is 0 Å². The number of rotatable bonds is 4. The van der Waals surface area contributed by atoms with Gasteiger partial charge in [0.1, 0.15) is 5.82 Å². The standard InChI is InChI=1S/C14H22FN3O2S/c1-17(2)11-5-4-8-18(10-11)21(19,20)14-7-3-6-13(15)12(14)9-16/h3,6-7,11H,4-5,8-10,16H2,1-2H3. The lowest BCUT2D eigenvalue weighted by Gasteiger charge is -2.35. The zero-order valence-corrected chi connectivity index (χ0v) is 13.2. The largest absolute Gasteiger partial charge is 0.326 e. The molecule has 0 aliphatic carbocycles. The molecule has 1 fully saturated rings. The van der Waals surface area contributed by atoms with Crippen molar-refractivity contribution in [3.63, 3.8) is 0 Å². The average molecular weight is 315 g/mol. The van der Waals surface area contributed by atoms with Gasteiger partial charge in [-0.05, 0) is 39.1 Å². The first-order valence-electron chi connectivity index (χ1n) is 7.02. The van der Waals surface area contributed by atoms with Crippen LogP contribution in [0.5, 0.6) is 0 Å². The zero-order valence-electron chi connectivity index (χ0n) is 12.4. The molecule has 7 heteroatoms. The summed E-state index contributed by atoms with van der Waals surface area (Å²) < 4.78 is 40.8. The maximum atomic E-state index is 13.8.